The molecule has 0 aromatic heterocycles. The van der Waals surface area contributed by atoms with Crippen LogP contribution in [0.25, 0.3) is 0 Å². The van der Waals surface area contributed by atoms with Crippen LogP contribution in [0.2, 0.25) is 0 Å². The van der Waals surface area contributed by atoms with Gasteiger partial charge in [0.15, 0.2) is 0 Å². The van der Waals surface area contributed by atoms with E-state index < -0.39 is 0 Å². The number of nitrogens with one attached hydrogen (secondary N) is 1. The number of nitrogens with zero attached hydrogens (tertiary/aromatic N) is 1. The predicted molar refractivity (Wildman–Crippen MR) is 57.1 cm³/mol. The van der Waals surface area contributed by atoms with Gasteiger partial charge in [-0.25, -0.2) is 5.06 Å². The van der Waals surface area contributed by atoms with E-state index >= 15 is 0 Å². The predicted octanol–water partition coefficient (Wildman–Crippen LogP) is 0.930. The molecule has 0 spiro atoms. The van der Waals surface area contributed by atoms with Crippen molar-refractivity contribution in [1.29, 1.82) is 0 Å². The Hall–Kier alpha value is -0.610. The van der Waals surface area contributed by atoms with Crippen molar-refractivity contribution in [2.75, 3.05) is 26.2 Å². The average molecular weight is 212 g/mol. The Morgan fingerprint density at radius 1 is 1.47 bits per heavy atom. The van der Waals surface area contributed by atoms with Crippen molar-refractivity contribution in [2.45, 2.75) is 32.1 Å². The molecule has 0 radical (unpaired) electrons. The zero-order chi connectivity index (χ0) is 10.5. The molecule has 0 aromatic carbocycles. The quantitative estimate of drug-likeness (QED) is 0.756. The Labute approximate surface area is 90.9 Å². The molecule has 0 aliphatic carbocycles. The molecule has 4 heteroatoms. The molecule has 1 unspecified atom stereocenters. The van der Waals surface area contributed by atoms with Gasteiger partial charge in [0.25, 0.3) is 0 Å². The first-order chi connectivity index (χ1) is 7.36. The van der Waals surface area contributed by atoms with Gasteiger partial charge in [-0.15, -0.1) is 0 Å². The van der Waals surface area contributed by atoms with Gasteiger partial charge >= 0.3 is 0 Å². The van der Waals surface area contributed by atoms with E-state index in [0.29, 0.717) is 18.9 Å². The van der Waals surface area contributed by atoms with Gasteiger partial charge in [0.1, 0.15) is 0 Å². The second-order valence-corrected chi connectivity index (χ2v) is 4.43. The van der Waals surface area contributed by atoms with Crippen LogP contribution >= 0.6 is 0 Å². The third-order valence-corrected chi connectivity index (χ3v) is 3.20. The summed E-state index contributed by atoms with van der Waals surface area (Å²) in [6, 6.07) is 0. The molecule has 2 aliphatic heterocycles. The van der Waals surface area contributed by atoms with Crippen LogP contribution in [0, 0.1) is 5.92 Å². The highest BCUT2D eigenvalue weighted by Crippen LogP contribution is 2.17. The molecular weight excluding hydrogens is 192 g/mol. The van der Waals surface area contributed by atoms with E-state index in [1.54, 1.807) is 0 Å². The summed E-state index contributed by atoms with van der Waals surface area (Å²) in [6.07, 6.45) is 5.15. The van der Waals surface area contributed by atoms with E-state index in [1.165, 1.54) is 17.9 Å². The Bertz CT molecular complexity index is 209. The van der Waals surface area contributed by atoms with Gasteiger partial charge in [0.05, 0.1) is 13.2 Å². The maximum atomic E-state index is 11.7. The van der Waals surface area contributed by atoms with Crippen molar-refractivity contribution in [3.63, 3.8) is 0 Å². The van der Waals surface area contributed by atoms with Crippen molar-refractivity contribution in [2.24, 2.45) is 5.92 Å². The van der Waals surface area contributed by atoms with Crippen molar-refractivity contribution >= 4 is 5.91 Å². The molecular formula is C11H20N2O2. The normalized spacial score (nSPS) is 26.9. The van der Waals surface area contributed by atoms with E-state index in [4.69, 9.17) is 4.84 Å². The number of hydroxylamine groups is 2. The Morgan fingerprint density at radius 3 is 3.07 bits per heavy atom. The zero-order valence-electron chi connectivity index (χ0n) is 9.21. The number of rotatable bonds is 3. The topological polar surface area (TPSA) is 41.6 Å². The SMILES string of the molecule is O=C(CCC1CCCNC1)N1CCCO1. The first-order valence-electron chi connectivity index (χ1n) is 6.00. The summed E-state index contributed by atoms with van der Waals surface area (Å²) in [7, 11) is 0. The molecule has 2 heterocycles. The van der Waals surface area contributed by atoms with E-state index in [1.807, 2.05) is 0 Å². The average Bonchev–Trinajstić information content (AvgIpc) is 2.81. The van der Waals surface area contributed by atoms with Crippen LogP contribution in [-0.2, 0) is 9.63 Å². The van der Waals surface area contributed by atoms with Crippen LogP contribution in [0.3, 0.4) is 0 Å². The molecule has 2 saturated heterocycles. The van der Waals surface area contributed by atoms with Crippen LogP contribution in [0.1, 0.15) is 32.1 Å². The minimum absolute atomic E-state index is 0.165. The third kappa shape index (κ3) is 3.18. The van der Waals surface area contributed by atoms with Gasteiger partial charge in [-0.1, -0.05) is 0 Å². The van der Waals surface area contributed by atoms with Gasteiger partial charge in [-0.3, -0.25) is 9.63 Å². The number of carbonyl (C=O) groups is 1. The molecule has 1 amide bonds. The summed E-state index contributed by atoms with van der Waals surface area (Å²) in [5.74, 6) is 0.850. The van der Waals surface area contributed by atoms with Crippen LogP contribution < -0.4 is 5.32 Å². The highest BCUT2D eigenvalue weighted by molar-refractivity contribution is 5.75. The number of carbonyl (C=O) groups excluding carboxylic acids is 1. The zero-order valence-corrected chi connectivity index (χ0v) is 9.21. The molecule has 4 nitrogen and oxygen atoms in total. The van der Waals surface area contributed by atoms with E-state index in [2.05, 4.69) is 5.32 Å². The number of hydrogen-bond donors (Lipinski definition) is 1. The molecule has 2 rings (SSSR count). The van der Waals surface area contributed by atoms with E-state index in [-0.39, 0.29) is 5.91 Å². The second-order valence-electron chi connectivity index (χ2n) is 4.43. The van der Waals surface area contributed by atoms with Gasteiger partial charge in [0.2, 0.25) is 5.91 Å². The monoisotopic (exact) mass is 212 g/mol. The lowest BCUT2D eigenvalue weighted by atomic mass is 9.94. The van der Waals surface area contributed by atoms with Crippen molar-refractivity contribution in [3.05, 3.63) is 0 Å². The molecule has 2 fully saturated rings. The Morgan fingerprint density at radius 2 is 2.40 bits per heavy atom. The third-order valence-electron chi connectivity index (χ3n) is 3.20. The summed E-state index contributed by atoms with van der Waals surface area (Å²) < 4.78 is 0. The standard InChI is InChI=1S/C11H20N2O2/c14-11(13-7-2-8-15-13)5-4-10-3-1-6-12-9-10/h10,12H,1-9H2. The lowest BCUT2D eigenvalue weighted by Gasteiger charge is -2.23. The lowest BCUT2D eigenvalue weighted by molar-refractivity contribution is -0.169. The molecule has 86 valence electrons. The van der Waals surface area contributed by atoms with E-state index in [0.717, 1.165) is 32.5 Å². The molecule has 1 N–H and O–H groups in total. The lowest BCUT2D eigenvalue weighted by Crippen LogP contribution is -2.31. The summed E-state index contributed by atoms with van der Waals surface area (Å²) in [5, 5.41) is 4.91. The van der Waals surface area contributed by atoms with Crippen LogP contribution in [-0.4, -0.2) is 37.2 Å². The highest BCUT2D eigenvalue weighted by atomic mass is 16.7. The fourth-order valence-corrected chi connectivity index (χ4v) is 2.27. The summed E-state index contributed by atoms with van der Waals surface area (Å²) >= 11 is 0. The molecule has 15 heavy (non-hydrogen) atoms. The molecule has 1 atom stereocenters. The minimum Gasteiger partial charge on any atom is -0.316 e. The first-order valence-corrected chi connectivity index (χ1v) is 6.00. The van der Waals surface area contributed by atoms with E-state index in [9.17, 15) is 4.79 Å². The van der Waals surface area contributed by atoms with Crippen molar-refractivity contribution < 1.29 is 9.63 Å². The number of hydrogen-bond acceptors (Lipinski definition) is 3. The maximum absolute atomic E-state index is 11.7. The number of amides is 1. The fraction of sp³-hybridized carbons (Fsp3) is 0.909. The van der Waals surface area contributed by atoms with Crippen LogP contribution in [0.15, 0.2) is 0 Å². The van der Waals surface area contributed by atoms with Gasteiger partial charge in [-0.05, 0) is 44.7 Å². The molecule has 0 aromatic rings. The molecule has 0 bridgehead atoms. The molecule has 2 aliphatic rings. The smallest absolute Gasteiger partial charge is 0.246 e. The summed E-state index contributed by atoms with van der Waals surface area (Å²) in [4.78, 5) is 16.9. The summed E-state index contributed by atoms with van der Waals surface area (Å²) in [6.45, 7) is 3.70. The van der Waals surface area contributed by atoms with Crippen LogP contribution in [0.4, 0.5) is 0 Å². The highest BCUT2D eigenvalue weighted by Gasteiger charge is 2.21. The van der Waals surface area contributed by atoms with Gasteiger partial charge < -0.3 is 5.32 Å². The van der Waals surface area contributed by atoms with Gasteiger partial charge in [-0.2, -0.15) is 0 Å². The Balaban J connectivity index is 1.65. The van der Waals surface area contributed by atoms with Crippen molar-refractivity contribution in [3.8, 4) is 0 Å². The van der Waals surface area contributed by atoms with Crippen LogP contribution in [0.5, 0.6) is 0 Å². The minimum atomic E-state index is 0.165. The first kappa shape index (κ1) is 10.9. The summed E-state index contributed by atoms with van der Waals surface area (Å²) in [5.41, 5.74) is 0. The second kappa shape index (κ2) is 5.47. The fourth-order valence-electron chi connectivity index (χ4n) is 2.27. The molecule has 0 saturated carbocycles. The van der Waals surface area contributed by atoms with Gasteiger partial charge in [0, 0.05) is 6.42 Å². The Kier molecular flexibility index (Phi) is 3.97. The van der Waals surface area contributed by atoms with Crippen molar-refractivity contribution in [1.82, 2.24) is 10.4 Å². The maximum Gasteiger partial charge on any atom is 0.246 e. The number of piperidine rings is 1. The largest absolute Gasteiger partial charge is 0.316 e.